The highest BCUT2D eigenvalue weighted by Gasteiger charge is 2.33. The molecule has 5 nitrogen and oxygen atoms in total. The molecule has 41 heavy (non-hydrogen) atoms. The zero-order valence-electron chi connectivity index (χ0n) is 20.4. The molecule has 0 amide bonds. The van der Waals surface area contributed by atoms with E-state index in [1.807, 2.05) is 24.4 Å². The fourth-order valence-electron chi connectivity index (χ4n) is 3.52. The third-order valence-corrected chi connectivity index (χ3v) is 6.57. The number of fused-ring (bicyclic) bond motifs is 2. The van der Waals surface area contributed by atoms with Gasteiger partial charge in [0.25, 0.3) is 0 Å². The van der Waals surface area contributed by atoms with E-state index < -0.39 is 23.7 Å². The van der Waals surface area contributed by atoms with Gasteiger partial charge in [0.05, 0.1) is 18.3 Å². The van der Waals surface area contributed by atoms with Crippen molar-refractivity contribution < 1.29 is 26.3 Å². The van der Waals surface area contributed by atoms with Gasteiger partial charge < -0.3 is 0 Å². The average molecular weight is 720 g/mol. The number of hydrogen-bond donors (Lipinski definition) is 0. The monoisotopic (exact) mass is 717 g/mol. The van der Waals surface area contributed by atoms with Crippen LogP contribution in [0.5, 0.6) is 0 Å². The molecule has 6 rings (SSSR count). The Morgan fingerprint density at radius 2 is 1.39 bits per heavy atom. The number of halogens is 9. The molecule has 0 spiro atoms. The summed E-state index contributed by atoms with van der Waals surface area (Å²) in [5.41, 5.74) is 1.35. The molecule has 1 aliphatic rings. The van der Waals surface area contributed by atoms with E-state index in [2.05, 4.69) is 64.1 Å². The van der Waals surface area contributed by atoms with Crippen LogP contribution < -0.4 is 0 Å². The van der Waals surface area contributed by atoms with E-state index in [4.69, 9.17) is 11.6 Å². The summed E-state index contributed by atoms with van der Waals surface area (Å²) in [5.74, 6) is 0.132. The molecule has 0 saturated carbocycles. The van der Waals surface area contributed by atoms with Crippen LogP contribution in [0.4, 0.5) is 26.3 Å². The molecule has 0 saturated heterocycles. The minimum absolute atomic E-state index is 0.132. The normalized spacial score (nSPS) is 12.3. The predicted octanol–water partition coefficient (Wildman–Crippen LogP) is 9.34. The van der Waals surface area contributed by atoms with E-state index in [0.29, 0.717) is 5.52 Å². The lowest BCUT2D eigenvalue weighted by Crippen LogP contribution is -2.10. The van der Waals surface area contributed by atoms with Gasteiger partial charge in [-0.3, -0.25) is 4.99 Å². The number of aliphatic imine (C=N–C) groups is 1. The second-order valence-electron chi connectivity index (χ2n) is 8.29. The summed E-state index contributed by atoms with van der Waals surface area (Å²) in [4.78, 5) is 10.9. The summed E-state index contributed by atoms with van der Waals surface area (Å²) in [6.45, 7) is 0.842. The molecule has 0 fully saturated rings. The maximum absolute atomic E-state index is 12.7. The summed E-state index contributed by atoms with van der Waals surface area (Å²) < 4.78 is 76.9. The van der Waals surface area contributed by atoms with Crippen LogP contribution in [-0.4, -0.2) is 26.0 Å². The van der Waals surface area contributed by atoms with Gasteiger partial charge in [-0.2, -0.15) is 31.4 Å². The molecule has 0 bridgehead atoms. The SMILES string of the molecule is Brc1ccc2c(c1)CN=C2.FC(F)(F)c1cccc(-n2ncc3ccc(Br)cc32)n1.FC(F)(F)c1cccc(Cl)n1. The number of hydrogen-bond acceptors (Lipinski definition) is 4. The number of pyridine rings is 2. The van der Waals surface area contributed by atoms with E-state index in [-0.39, 0.29) is 11.0 Å². The Labute approximate surface area is 251 Å². The van der Waals surface area contributed by atoms with Crippen molar-refractivity contribution in [1.29, 1.82) is 0 Å². The summed E-state index contributed by atoms with van der Waals surface area (Å²) in [7, 11) is 0. The van der Waals surface area contributed by atoms with Crippen LogP contribution in [0.1, 0.15) is 22.5 Å². The maximum Gasteiger partial charge on any atom is 0.433 e. The molecule has 2 aromatic carbocycles. The first kappa shape index (κ1) is 30.7. The lowest BCUT2D eigenvalue weighted by molar-refractivity contribution is -0.141. The largest absolute Gasteiger partial charge is 0.433 e. The Hall–Kier alpha value is -3.29. The van der Waals surface area contributed by atoms with Gasteiger partial charge in [-0.25, -0.2) is 14.6 Å². The lowest BCUT2D eigenvalue weighted by Gasteiger charge is -2.08. The molecule has 0 atom stereocenters. The van der Waals surface area contributed by atoms with E-state index in [1.54, 1.807) is 12.3 Å². The van der Waals surface area contributed by atoms with Crippen molar-refractivity contribution in [2.75, 3.05) is 0 Å². The first-order valence-electron chi connectivity index (χ1n) is 11.5. The van der Waals surface area contributed by atoms with Crippen molar-refractivity contribution in [2.24, 2.45) is 4.99 Å². The lowest BCUT2D eigenvalue weighted by atomic mass is 10.1. The highest BCUT2D eigenvalue weighted by Crippen LogP contribution is 2.29. The topological polar surface area (TPSA) is 56.0 Å². The summed E-state index contributed by atoms with van der Waals surface area (Å²) >= 11 is 12.0. The Kier molecular flexibility index (Phi) is 9.50. The number of alkyl halides is 6. The van der Waals surface area contributed by atoms with Crippen LogP contribution in [0.3, 0.4) is 0 Å². The fourth-order valence-corrected chi connectivity index (χ4v) is 4.44. The second-order valence-corrected chi connectivity index (χ2v) is 10.5. The van der Waals surface area contributed by atoms with Crippen LogP contribution in [0.2, 0.25) is 5.15 Å². The van der Waals surface area contributed by atoms with Gasteiger partial charge in [-0.15, -0.1) is 0 Å². The summed E-state index contributed by atoms with van der Waals surface area (Å²) in [5, 5.41) is 4.77. The van der Waals surface area contributed by atoms with Crippen LogP contribution >= 0.6 is 43.5 Å². The highest BCUT2D eigenvalue weighted by molar-refractivity contribution is 9.10. The molecular weight excluding hydrogens is 704 g/mol. The van der Waals surface area contributed by atoms with Gasteiger partial charge in [0.2, 0.25) is 0 Å². The zero-order valence-corrected chi connectivity index (χ0v) is 24.4. The molecular formula is C27H16Br2ClF6N5. The van der Waals surface area contributed by atoms with Crippen LogP contribution in [0, 0.1) is 0 Å². The summed E-state index contributed by atoms with van der Waals surface area (Å²) in [6, 6.07) is 18.8. The molecule has 0 N–H and O–H groups in total. The maximum atomic E-state index is 12.7. The summed E-state index contributed by atoms with van der Waals surface area (Å²) in [6.07, 6.45) is -5.38. The molecule has 3 aromatic heterocycles. The number of benzene rings is 2. The number of rotatable bonds is 1. The molecule has 0 aliphatic carbocycles. The quantitative estimate of drug-likeness (QED) is 0.128. The van der Waals surface area contributed by atoms with E-state index >= 15 is 0 Å². The van der Waals surface area contributed by atoms with Crippen molar-refractivity contribution in [3.63, 3.8) is 0 Å². The number of nitrogens with zero attached hydrogens (tertiary/aromatic N) is 5. The van der Waals surface area contributed by atoms with E-state index in [9.17, 15) is 26.3 Å². The van der Waals surface area contributed by atoms with Gasteiger partial charge in [0, 0.05) is 20.5 Å². The third kappa shape index (κ3) is 8.14. The van der Waals surface area contributed by atoms with Crippen molar-refractivity contribution in [1.82, 2.24) is 19.7 Å². The Balaban J connectivity index is 0.000000156. The third-order valence-electron chi connectivity index (χ3n) is 5.38. The molecule has 0 radical (unpaired) electrons. The van der Waals surface area contributed by atoms with Gasteiger partial charge in [-0.1, -0.05) is 67.7 Å². The second kappa shape index (κ2) is 12.7. The zero-order chi connectivity index (χ0) is 29.8. The van der Waals surface area contributed by atoms with E-state index in [1.165, 1.54) is 40.1 Å². The van der Waals surface area contributed by atoms with E-state index in [0.717, 1.165) is 33.0 Å². The molecule has 14 heteroatoms. The van der Waals surface area contributed by atoms with Gasteiger partial charge in [-0.05, 0) is 59.7 Å². The Bertz CT molecular complexity index is 1700. The average Bonchev–Trinajstić information content (AvgIpc) is 3.55. The van der Waals surface area contributed by atoms with Crippen LogP contribution in [0.15, 0.2) is 92.9 Å². The van der Waals surface area contributed by atoms with Crippen molar-refractivity contribution in [2.45, 2.75) is 18.9 Å². The minimum atomic E-state index is -4.47. The predicted molar refractivity (Wildman–Crippen MR) is 151 cm³/mol. The Morgan fingerprint density at radius 3 is 2.05 bits per heavy atom. The molecule has 212 valence electrons. The van der Waals surface area contributed by atoms with Gasteiger partial charge in [0.15, 0.2) is 5.82 Å². The fraction of sp³-hybridized carbons (Fsp3) is 0.111. The van der Waals surface area contributed by atoms with Gasteiger partial charge >= 0.3 is 12.4 Å². The molecule has 0 unspecified atom stereocenters. The van der Waals surface area contributed by atoms with Crippen molar-refractivity contribution in [3.05, 3.63) is 116 Å². The van der Waals surface area contributed by atoms with Gasteiger partial charge in [0.1, 0.15) is 16.5 Å². The van der Waals surface area contributed by atoms with Crippen molar-refractivity contribution >= 4 is 60.6 Å². The first-order chi connectivity index (χ1) is 19.3. The van der Waals surface area contributed by atoms with Crippen molar-refractivity contribution in [3.8, 4) is 5.82 Å². The number of aromatic nitrogens is 4. The Morgan fingerprint density at radius 1 is 0.756 bits per heavy atom. The molecule has 4 heterocycles. The van der Waals surface area contributed by atoms with Crippen LogP contribution in [0.25, 0.3) is 16.7 Å². The molecule has 1 aliphatic heterocycles. The highest BCUT2D eigenvalue weighted by atomic mass is 79.9. The standard InChI is InChI=1S/C13H7BrF3N3.C8H6BrN.C6H3ClF3N/c14-9-5-4-8-7-18-20(10(8)6-9)12-3-1-2-11(19-12)13(15,16)17;9-8-2-1-6-4-10-5-7(6)3-8;7-5-3-1-2-4(11-5)6(8,9)10/h1-7H;1-4H,5H2;1-3H. The smallest absolute Gasteiger partial charge is 0.288 e. The minimum Gasteiger partial charge on any atom is -0.288 e. The molecule has 5 aromatic rings. The first-order valence-corrected chi connectivity index (χ1v) is 13.4. The van der Waals surface area contributed by atoms with Crippen LogP contribution in [-0.2, 0) is 18.9 Å².